The highest BCUT2D eigenvalue weighted by molar-refractivity contribution is 7.91. The second-order valence-electron chi connectivity index (χ2n) is 4.54. The summed E-state index contributed by atoms with van der Waals surface area (Å²) in [6, 6.07) is -0.259. The summed E-state index contributed by atoms with van der Waals surface area (Å²) in [5.41, 5.74) is 0. The van der Waals surface area contributed by atoms with Crippen molar-refractivity contribution in [3.63, 3.8) is 0 Å². The Morgan fingerprint density at radius 2 is 2.06 bits per heavy atom. The number of hydrogen-bond donors (Lipinski definition) is 0. The first-order valence-electron chi connectivity index (χ1n) is 6.61. The van der Waals surface area contributed by atoms with Crippen molar-refractivity contribution in [2.24, 2.45) is 0 Å². The fourth-order valence-electron chi connectivity index (χ4n) is 2.16. The first-order chi connectivity index (χ1) is 8.50. The van der Waals surface area contributed by atoms with Crippen molar-refractivity contribution in [3.05, 3.63) is 0 Å². The molecule has 1 fully saturated rings. The molecule has 1 aliphatic heterocycles. The van der Waals surface area contributed by atoms with Gasteiger partial charge in [-0.25, -0.2) is 8.42 Å². The third-order valence-electron chi connectivity index (χ3n) is 3.30. The molecule has 0 aromatic rings. The highest BCUT2D eigenvalue weighted by Crippen LogP contribution is 2.18. The minimum absolute atomic E-state index is 0.124. The first kappa shape index (κ1) is 15.4. The maximum atomic E-state index is 11.8. The van der Waals surface area contributed by atoms with Crippen molar-refractivity contribution in [1.29, 1.82) is 0 Å². The second kappa shape index (κ2) is 7.09. The van der Waals surface area contributed by atoms with Crippen molar-refractivity contribution in [3.8, 4) is 0 Å². The SMILES string of the molecule is CCOC(=O)C1CCCCN1CCS(=O)(=O)CC. The van der Waals surface area contributed by atoms with Crippen molar-refractivity contribution < 1.29 is 17.9 Å². The Balaban J connectivity index is 2.57. The Morgan fingerprint density at radius 1 is 1.33 bits per heavy atom. The molecule has 1 atom stereocenters. The van der Waals surface area contributed by atoms with E-state index in [1.165, 1.54) is 0 Å². The highest BCUT2D eigenvalue weighted by atomic mass is 32.2. The molecule has 0 saturated carbocycles. The van der Waals surface area contributed by atoms with E-state index in [0.717, 1.165) is 25.8 Å². The van der Waals surface area contributed by atoms with Gasteiger partial charge in [0.1, 0.15) is 6.04 Å². The molecule has 1 unspecified atom stereocenters. The Bertz CT molecular complexity index is 366. The molecule has 0 aliphatic carbocycles. The number of rotatable bonds is 6. The van der Waals surface area contributed by atoms with Crippen LogP contribution in [0.2, 0.25) is 0 Å². The molecule has 0 N–H and O–H groups in total. The van der Waals surface area contributed by atoms with Gasteiger partial charge in [0.15, 0.2) is 9.84 Å². The third kappa shape index (κ3) is 4.57. The normalized spacial score (nSPS) is 21.8. The maximum absolute atomic E-state index is 11.8. The average Bonchev–Trinajstić information content (AvgIpc) is 2.37. The highest BCUT2D eigenvalue weighted by Gasteiger charge is 2.30. The lowest BCUT2D eigenvalue weighted by Gasteiger charge is -2.33. The van der Waals surface area contributed by atoms with Gasteiger partial charge in [0.2, 0.25) is 0 Å². The lowest BCUT2D eigenvalue weighted by molar-refractivity contribution is -0.150. The molecule has 6 heteroatoms. The summed E-state index contributed by atoms with van der Waals surface area (Å²) in [4.78, 5) is 13.7. The summed E-state index contributed by atoms with van der Waals surface area (Å²) in [7, 11) is -2.97. The molecule has 18 heavy (non-hydrogen) atoms. The molecule has 0 aromatic carbocycles. The van der Waals surface area contributed by atoms with Crippen LogP contribution in [0, 0.1) is 0 Å². The molecule has 0 amide bonds. The van der Waals surface area contributed by atoms with E-state index < -0.39 is 9.84 Å². The van der Waals surface area contributed by atoms with E-state index in [0.29, 0.717) is 13.2 Å². The number of nitrogens with zero attached hydrogens (tertiary/aromatic N) is 1. The fourth-order valence-corrected chi connectivity index (χ4v) is 2.97. The molecule has 0 aromatic heterocycles. The number of carbonyl (C=O) groups excluding carboxylic acids is 1. The monoisotopic (exact) mass is 277 g/mol. The van der Waals surface area contributed by atoms with E-state index in [-0.39, 0.29) is 23.5 Å². The van der Waals surface area contributed by atoms with Crippen LogP contribution in [0.3, 0.4) is 0 Å². The summed E-state index contributed by atoms with van der Waals surface area (Å²) in [6.07, 6.45) is 2.79. The smallest absolute Gasteiger partial charge is 0.323 e. The van der Waals surface area contributed by atoms with Gasteiger partial charge in [-0.1, -0.05) is 13.3 Å². The number of likely N-dealkylation sites (tertiary alicyclic amines) is 1. The van der Waals surface area contributed by atoms with E-state index in [4.69, 9.17) is 4.74 Å². The summed E-state index contributed by atoms with van der Waals surface area (Å²) < 4.78 is 28.0. The first-order valence-corrected chi connectivity index (χ1v) is 8.43. The molecular weight excluding hydrogens is 254 g/mol. The van der Waals surface area contributed by atoms with Crippen molar-refractivity contribution in [2.45, 2.75) is 39.2 Å². The van der Waals surface area contributed by atoms with Gasteiger partial charge in [-0.15, -0.1) is 0 Å². The zero-order valence-electron chi connectivity index (χ0n) is 11.2. The molecule has 1 rings (SSSR count). The topological polar surface area (TPSA) is 63.7 Å². The predicted molar refractivity (Wildman–Crippen MR) is 70.2 cm³/mol. The standard InChI is InChI=1S/C12H23NO4S/c1-3-17-12(14)11-7-5-6-8-13(11)9-10-18(15,16)4-2/h11H,3-10H2,1-2H3. The summed E-state index contributed by atoms with van der Waals surface area (Å²) in [5, 5.41) is 0. The van der Waals surface area contributed by atoms with Crippen LogP contribution in [-0.4, -0.2) is 56.5 Å². The molecule has 5 nitrogen and oxygen atoms in total. The average molecular weight is 277 g/mol. The van der Waals surface area contributed by atoms with Crippen LogP contribution in [0.4, 0.5) is 0 Å². The van der Waals surface area contributed by atoms with Crippen molar-refractivity contribution in [1.82, 2.24) is 4.90 Å². The van der Waals surface area contributed by atoms with Gasteiger partial charge in [-0.2, -0.15) is 0 Å². The van der Waals surface area contributed by atoms with Crippen LogP contribution in [0.25, 0.3) is 0 Å². The van der Waals surface area contributed by atoms with Crippen LogP contribution in [-0.2, 0) is 19.4 Å². The number of piperidine rings is 1. The van der Waals surface area contributed by atoms with Crippen LogP contribution in [0.5, 0.6) is 0 Å². The van der Waals surface area contributed by atoms with Crippen LogP contribution in [0.15, 0.2) is 0 Å². The number of carbonyl (C=O) groups is 1. The van der Waals surface area contributed by atoms with E-state index in [9.17, 15) is 13.2 Å². The predicted octanol–water partition coefficient (Wildman–Crippen LogP) is 0.839. The summed E-state index contributed by atoms with van der Waals surface area (Å²) in [6.45, 7) is 5.01. The van der Waals surface area contributed by atoms with Gasteiger partial charge in [0, 0.05) is 12.3 Å². The van der Waals surface area contributed by atoms with Crippen molar-refractivity contribution in [2.75, 3.05) is 31.2 Å². The lowest BCUT2D eigenvalue weighted by Crippen LogP contribution is -2.47. The molecule has 106 valence electrons. The number of ether oxygens (including phenoxy) is 1. The molecule has 1 heterocycles. The van der Waals surface area contributed by atoms with Gasteiger partial charge in [0.25, 0.3) is 0 Å². The molecule has 0 radical (unpaired) electrons. The zero-order valence-corrected chi connectivity index (χ0v) is 12.0. The largest absolute Gasteiger partial charge is 0.465 e. The van der Waals surface area contributed by atoms with Gasteiger partial charge < -0.3 is 4.74 Å². The quantitative estimate of drug-likeness (QED) is 0.673. The van der Waals surface area contributed by atoms with E-state index >= 15 is 0 Å². The van der Waals surface area contributed by atoms with Crippen molar-refractivity contribution >= 4 is 15.8 Å². The molecule has 1 saturated heterocycles. The van der Waals surface area contributed by atoms with Crippen LogP contribution >= 0.6 is 0 Å². The summed E-state index contributed by atoms with van der Waals surface area (Å²) >= 11 is 0. The van der Waals surface area contributed by atoms with E-state index in [1.54, 1.807) is 13.8 Å². The van der Waals surface area contributed by atoms with Crippen LogP contribution in [0.1, 0.15) is 33.1 Å². The lowest BCUT2D eigenvalue weighted by atomic mass is 10.0. The van der Waals surface area contributed by atoms with Gasteiger partial charge in [0.05, 0.1) is 12.4 Å². The molecule has 0 spiro atoms. The molecule has 1 aliphatic rings. The van der Waals surface area contributed by atoms with Crippen LogP contribution < -0.4 is 0 Å². The zero-order chi connectivity index (χ0) is 13.6. The summed E-state index contributed by atoms with van der Waals surface area (Å²) in [5.74, 6) is 0.0655. The van der Waals surface area contributed by atoms with Gasteiger partial charge >= 0.3 is 5.97 Å². The number of esters is 1. The second-order valence-corrected chi connectivity index (χ2v) is 7.01. The minimum atomic E-state index is -2.97. The molecular formula is C12H23NO4S. The Morgan fingerprint density at radius 3 is 2.67 bits per heavy atom. The fraction of sp³-hybridized carbons (Fsp3) is 0.917. The number of sulfone groups is 1. The third-order valence-corrected chi connectivity index (χ3v) is 4.99. The van der Waals surface area contributed by atoms with Gasteiger partial charge in [-0.05, 0) is 26.3 Å². The van der Waals surface area contributed by atoms with E-state index in [2.05, 4.69) is 0 Å². The Labute approximate surface area is 109 Å². The van der Waals surface area contributed by atoms with E-state index in [1.807, 2.05) is 4.90 Å². The van der Waals surface area contributed by atoms with Gasteiger partial charge in [-0.3, -0.25) is 9.69 Å². The minimum Gasteiger partial charge on any atom is -0.465 e. The Hall–Kier alpha value is -0.620. The molecule has 0 bridgehead atoms. The number of hydrogen-bond acceptors (Lipinski definition) is 5. The Kier molecular flexibility index (Phi) is 6.08. The maximum Gasteiger partial charge on any atom is 0.323 e.